The second-order valence-corrected chi connectivity index (χ2v) is 4.29. The summed E-state index contributed by atoms with van der Waals surface area (Å²) in [5.41, 5.74) is 4.67. The minimum absolute atomic E-state index is 1.07. The van der Waals surface area contributed by atoms with Crippen LogP contribution in [0.25, 0.3) is 6.08 Å². The van der Waals surface area contributed by atoms with Crippen LogP contribution < -0.4 is 0 Å². The Morgan fingerprint density at radius 2 is 1.50 bits per heavy atom. The number of allylic oxidation sites excluding steroid dienone is 1. The van der Waals surface area contributed by atoms with Gasteiger partial charge >= 0.3 is 0 Å². The van der Waals surface area contributed by atoms with Crippen LogP contribution in [-0.2, 0) is 0 Å². The van der Waals surface area contributed by atoms with E-state index in [1.54, 1.807) is 0 Å². The van der Waals surface area contributed by atoms with Crippen LogP contribution in [0, 0.1) is 13.8 Å². The highest BCUT2D eigenvalue weighted by Crippen LogP contribution is 2.22. The highest BCUT2D eigenvalue weighted by atomic mass is 14.7. The molecule has 0 fully saturated rings. The third-order valence-corrected chi connectivity index (χ3v) is 2.82. The van der Waals surface area contributed by atoms with E-state index < -0.39 is 0 Å². The maximum absolute atomic E-state index is 4.51. The zero-order chi connectivity index (χ0) is 12.8. The van der Waals surface area contributed by atoms with Gasteiger partial charge in [0.2, 0.25) is 0 Å². The minimum Gasteiger partial charge on any atom is -0.256 e. The highest BCUT2D eigenvalue weighted by Gasteiger charge is 1.97. The van der Waals surface area contributed by atoms with Crippen LogP contribution in [0.4, 0.5) is 5.69 Å². The minimum atomic E-state index is 1.07. The fourth-order valence-corrected chi connectivity index (χ4v) is 1.85. The molecule has 90 valence electrons. The Balaban J connectivity index is 2.11. The summed E-state index contributed by atoms with van der Waals surface area (Å²) in [6.45, 7) is 4.17. The SMILES string of the molecule is Cc1cccc(C)c1N=CC=Cc1ccccc1. The molecule has 0 aromatic heterocycles. The van der Waals surface area contributed by atoms with Crippen molar-refractivity contribution >= 4 is 18.0 Å². The smallest absolute Gasteiger partial charge is 0.0687 e. The molecular weight excluding hydrogens is 218 g/mol. The molecule has 0 spiro atoms. The molecule has 2 aromatic rings. The maximum Gasteiger partial charge on any atom is 0.0687 e. The summed E-state index contributed by atoms with van der Waals surface area (Å²) in [6.07, 6.45) is 5.88. The molecule has 0 saturated carbocycles. The summed E-state index contributed by atoms with van der Waals surface area (Å²) < 4.78 is 0. The average molecular weight is 235 g/mol. The van der Waals surface area contributed by atoms with Gasteiger partial charge in [0.1, 0.15) is 0 Å². The van der Waals surface area contributed by atoms with Gasteiger partial charge in [0.25, 0.3) is 0 Å². The molecule has 0 aliphatic carbocycles. The number of rotatable bonds is 3. The Hall–Kier alpha value is -2.15. The molecule has 0 saturated heterocycles. The molecule has 1 heteroatoms. The third-order valence-electron chi connectivity index (χ3n) is 2.82. The number of benzene rings is 2. The normalized spacial score (nSPS) is 11.4. The van der Waals surface area contributed by atoms with Crippen molar-refractivity contribution < 1.29 is 0 Å². The molecule has 0 amide bonds. The van der Waals surface area contributed by atoms with E-state index >= 15 is 0 Å². The molecule has 0 heterocycles. The Bertz CT molecular complexity index is 545. The summed E-state index contributed by atoms with van der Waals surface area (Å²) in [6, 6.07) is 16.4. The Labute approximate surface area is 109 Å². The topological polar surface area (TPSA) is 12.4 Å². The second-order valence-electron chi connectivity index (χ2n) is 4.29. The Morgan fingerprint density at radius 3 is 2.17 bits per heavy atom. The summed E-state index contributed by atoms with van der Waals surface area (Å²) in [4.78, 5) is 4.51. The van der Waals surface area contributed by atoms with Gasteiger partial charge in [0.15, 0.2) is 0 Å². The molecule has 18 heavy (non-hydrogen) atoms. The van der Waals surface area contributed by atoms with Crippen LogP contribution >= 0.6 is 0 Å². The molecule has 0 bridgehead atoms. The zero-order valence-electron chi connectivity index (χ0n) is 10.8. The van der Waals surface area contributed by atoms with Crippen molar-refractivity contribution in [2.45, 2.75) is 13.8 Å². The van der Waals surface area contributed by atoms with Crippen molar-refractivity contribution in [1.29, 1.82) is 0 Å². The molecule has 0 atom stereocenters. The summed E-state index contributed by atoms with van der Waals surface area (Å²) in [7, 11) is 0. The lowest BCUT2D eigenvalue weighted by Crippen LogP contribution is -1.79. The number of hydrogen-bond acceptors (Lipinski definition) is 1. The van der Waals surface area contributed by atoms with Gasteiger partial charge in [-0.1, -0.05) is 54.6 Å². The zero-order valence-corrected chi connectivity index (χ0v) is 10.8. The largest absolute Gasteiger partial charge is 0.256 e. The van der Waals surface area contributed by atoms with E-state index in [2.05, 4.69) is 55.2 Å². The lowest BCUT2D eigenvalue weighted by atomic mass is 10.1. The van der Waals surface area contributed by atoms with E-state index in [9.17, 15) is 0 Å². The number of nitrogens with zero attached hydrogens (tertiary/aromatic N) is 1. The van der Waals surface area contributed by atoms with Crippen LogP contribution in [-0.4, -0.2) is 6.21 Å². The molecule has 0 aliphatic rings. The van der Waals surface area contributed by atoms with Crippen LogP contribution in [0.15, 0.2) is 59.6 Å². The molecular formula is C17H17N. The number of aliphatic imine (C=N–C) groups is 1. The van der Waals surface area contributed by atoms with E-state index in [-0.39, 0.29) is 0 Å². The monoisotopic (exact) mass is 235 g/mol. The van der Waals surface area contributed by atoms with E-state index in [4.69, 9.17) is 0 Å². The molecule has 2 aromatic carbocycles. The van der Waals surface area contributed by atoms with Gasteiger partial charge in [-0.2, -0.15) is 0 Å². The predicted molar refractivity (Wildman–Crippen MR) is 79.5 cm³/mol. The van der Waals surface area contributed by atoms with E-state index in [0.29, 0.717) is 0 Å². The van der Waals surface area contributed by atoms with Crippen molar-refractivity contribution in [2.24, 2.45) is 4.99 Å². The first kappa shape index (κ1) is 12.3. The third kappa shape index (κ3) is 3.17. The van der Waals surface area contributed by atoms with Crippen LogP contribution in [0.3, 0.4) is 0 Å². The van der Waals surface area contributed by atoms with Gasteiger partial charge in [0, 0.05) is 6.21 Å². The van der Waals surface area contributed by atoms with Gasteiger partial charge < -0.3 is 0 Å². The van der Waals surface area contributed by atoms with Gasteiger partial charge in [-0.05, 0) is 36.6 Å². The van der Waals surface area contributed by atoms with Gasteiger partial charge in [-0.25, -0.2) is 0 Å². The van der Waals surface area contributed by atoms with Crippen molar-refractivity contribution in [3.05, 3.63) is 71.3 Å². The van der Waals surface area contributed by atoms with Crippen LogP contribution in [0.1, 0.15) is 16.7 Å². The molecule has 2 rings (SSSR count). The fraction of sp³-hybridized carbons (Fsp3) is 0.118. The number of aryl methyl sites for hydroxylation is 2. The molecule has 0 aliphatic heterocycles. The number of hydrogen-bond donors (Lipinski definition) is 0. The standard InChI is InChI=1S/C17H17N/c1-14-8-6-9-15(2)17(14)18-13-7-12-16-10-4-3-5-11-16/h3-13H,1-2H3. The lowest BCUT2D eigenvalue weighted by Gasteiger charge is -2.02. The van der Waals surface area contributed by atoms with Crippen molar-refractivity contribution in [3.8, 4) is 0 Å². The quantitative estimate of drug-likeness (QED) is 0.683. The van der Waals surface area contributed by atoms with E-state index in [0.717, 1.165) is 5.69 Å². The predicted octanol–water partition coefficient (Wildman–Crippen LogP) is 4.72. The molecule has 0 radical (unpaired) electrons. The van der Waals surface area contributed by atoms with Crippen molar-refractivity contribution in [2.75, 3.05) is 0 Å². The summed E-state index contributed by atoms with van der Waals surface area (Å²) in [5.74, 6) is 0. The molecule has 1 nitrogen and oxygen atoms in total. The van der Waals surface area contributed by atoms with Gasteiger partial charge in [-0.3, -0.25) is 4.99 Å². The first-order valence-corrected chi connectivity index (χ1v) is 6.09. The highest BCUT2D eigenvalue weighted by molar-refractivity contribution is 5.81. The number of para-hydroxylation sites is 1. The first-order valence-electron chi connectivity index (χ1n) is 6.09. The van der Waals surface area contributed by atoms with Gasteiger partial charge in [0.05, 0.1) is 5.69 Å². The van der Waals surface area contributed by atoms with E-state index in [1.807, 2.05) is 30.5 Å². The van der Waals surface area contributed by atoms with E-state index in [1.165, 1.54) is 16.7 Å². The molecule has 0 unspecified atom stereocenters. The fourth-order valence-electron chi connectivity index (χ4n) is 1.85. The lowest BCUT2D eigenvalue weighted by molar-refractivity contribution is 1.33. The van der Waals surface area contributed by atoms with Crippen molar-refractivity contribution in [1.82, 2.24) is 0 Å². The molecule has 0 N–H and O–H groups in total. The average Bonchev–Trinajstić information content (AvgIpc) is 2.38. The first-order chi connectivity index (χ1) is 8.77. The second kappa shape index (κ2) is 5.97. The summed E-state index contributed by atoms with van der Waals surface area (Å²) >= 11 is 0. The summed E-state index contributed by atoms with van der Waals surface area (Å²) in [5, 5.41) is 0. The van der Waals surface area contributed by atoms with Crippen molar-refractivity contribution in [3.63, 3.8) is 0 Å². The van der Waals surface area contributed by atoms with Gasteiger partial charge in [-0.15, -0.1) is 0 Å². The Kier molecular flexibility index (Phi) is 4.08. The van der Waals surface area contributed by atoms with Crippen LogP contribution in [0.5, 0.6) is 0 Å². The maximum atomic E-state index is 4.51. The Morgan fingerprint density at radius 1 is 0.833 bits per heavy atom. The van der Waals surface area contributed by atoms with Crippen LogP contribution in [0.2, 0.25) is 0 Å².